The normalized spacial score (nSPS) is 14.9. The summed E-state index contributed by atoms with van der Waals surface area (Å²) in [4.78, 5) is 26.8. The highest BCUT2D eigenvalue weighted by Crippen LogP contribution is 2.29. The third-order valence-corrected chi connectivity index (χ3v) is 4.23. The van der Waals surface area contributed by atoms with Gasteiger partial charge in [0.05, 0.1) is 15.8 Å². The molecule has 0 amide bonds. The van der Waals surface area contributed by atoms with E-state index in [1.54, 1.807) is 18.2 Å². The first-order valence-electron chi connectivity index (χ1n) is 7.58. The van der Waals surface area contributed by atoms with Crippen molar-refractivity contribution in [2.45, 2.75) is 13.0 Å². The molecule has 0 aliphatic carbocycles. The lowest BCUT2D eigenvalue weighted by Gasteiger charge is -2.07. The van der Waals surface area contributed by atoms with Crippen LogP contribution in [0.15, 0.2) is 53.3 Å². The summed E-state index contributed by atoms with van der Waals surface area (Å²) in [5.41, 5.74) is 2.54. The number of benzene rings is 2. The Kier molecular flexibility index (Phi) is 3.23. The van der Waals surface area contributed by atoms with Gasteiger partial charge >= 0.3 is 0 Å². The Morgan fingerprint density at radius 1 is 1.12 bits per heavy atom. The number of para-hydroxylation sites is 1. The van der Waals surface area contributed by atoms with Crippen molar-refractivity contribution in [1.82, 2.24) is 9.55 Å². The van der Waals surface area contributed by atoms with Crippen molar-refractivity contribution < 1.29 is 4.92 Å². The third-order valence-electron chi connectivity index (χ3n) is 4.23. The summed E-state index contributed by atoms with van der Waals surface area (Å²) in [6.07, 6.45) is 2.71. The largest absolute Gasteiger partial charge is 0.325 e. The zero-order chi connectivity index (χ0) is 16.7. The Labute approximate surface area is 136 Å². The highest BCUT2D eigenvalue weighted by molar-refractivity contribution is 5.85. The maximum Gasteiger partial charge on any atom is 0.281 e. The van der Waals surface area contributed by atoms with E-state index in [1.807, 2.05) is 28.8 Å². The Morgan fingerprint density at radius 2 is 1.88 bits per heavy atom. The molecule has 1 aliphatic rings. The van der Waals surface area contributed by atoms with Crippen LogP contribution in [0.2, 0.25) is 0 Å². The van der Waals surface area contributed by atoms with Crippen molar-refractivity contribution in [2.75, 3.05) is 0 Å². The number of nitro groups is 1. The number of non-ortho nitro benzene ring substituents is 1. The fourth-order valence-corrected chi connectivity index (χ4v) is 3.07. The van der Waals surface area contributed by atoms with Gasteiger partial charge in [-0.15, -0.1) is 0 Å². The second-order valence-corrected chi connectivity index (χ2v) is 5.68. The number of fused-ring (bicyclic) bond motifs is 3. The van der Waals surface area contributed by atoms with E-state index in [2.05, 4.69) is 4.98 Å². The standard InChI is InChI=1S/C18H13N3O3/c22-18-15-3-1-2-4-16(15)20-10-9-13(17(20)19-18)11-12-5-7-14(8-6-12)21(23)24/h1-8,11H,9-10H2/b13-11+. The Morgan fingerprint density at radius 3 is 2.62 bits per heavy atom. The number of rotatable bonds is 2. The van der Waals surface area contributed by atoms with E-state index in [1.165, 1.54) is 12.1 Å². The Hall–Kier alpha value is -3.28. The van der Waals surface area contributed by atoms with E-state index >= 15 is 0 Å². The molecule has 0 saturated carbocycles. The lowest BCUT2D eigenvalue weighted by molar-refractivity contribution is -0.384. The van der Waals surface area contributed by atoms with Crippen LogP contribution < -0.4 is 5.56 Å². The first kappa shape index (κ1) is 14.3. The molecule has 1 aliphatic heterocycles. The van der Waals surface area contributed by atoms with Gasteiger partial charge < -0.3 is 4.57 Å². The van der Waals surface area contributed by atoms with Gasteiger partial charge in [-0.2, -0.15) is 4.98 Å². The molecule has 6 heteroatoms. The van der Waals surface area contributed by atoms with Gasteiger partial charge in [-0.3, -0.25) is 14.9 Å². The molecule has 0 unspecified atom stereocenters. The molecule has 0 atom stereocenters. The molecule has 2 aromatic carbocycles. The van der Waals surface area contributed by atoms with E-state index in [-0.39, 0.29) is 11.2 Å². The van der Waals surface area contributed by atoms with Crippen molar-refractivity contribution in [3.8, 4) is 0 Å². The summed E-state index contributed by atoms with van der Waals surface area (Å²) in [5.74, 6) is 0.678. The number of allylic oxidation sites excluding steroid dienone is 1. The molecule has 3 aromatic rings. The van der Waals surface area contributed by atoms with Gasteiger partial charge in [0.25, 0.3) is 11.2 Å². The van der Waals surface area contributed by atoms with Crippen molar-refractivity contribution >= 4 is 28.2 Å². The van der Waals surface area contributed by atoms with Crippen LogP contribution in [0.5, 0.6) is 0 Å². The molecule has 4 rings (SSSR count). The lowest BCUT2D eigenvalue weighted by Crippen LogP contribution is -2.14. The summed E-state index contributed by atoms with van der Waals surface area (Å²) in [7, 11) is 0. The van der Waals surface area contributed by atoms with E-state index in [4.69, 9.17) is 0 Å². The molecule has 2 heterocycles. The van der Waals surface area contributed by atoms with Crippen LogP contribution in [0.4, 0.5) is 5.69 Å². The van der Waals surface area contributed by atoms with Gasteiger partial charge in [0.2, 0.25) is 0 Å². The predicted molar refractivity (Wildman–Crippen MR) is 91.6 cm³/mol. The molecule has 0 N–H and O–H groups in total. The van der Waals surface area contributed by atoms with Crippen molar-refractivity contribution in [3.63, 3.8) is 0 Å². The average Bonchev–Trinajstić information content (AvgIpc) is 2.98. The Balaban J connectivity index is 1.81. The van der Waals surface area contributed by atoms with E-state index < -0.39 is 4.92 Å². The fraction of sp³-hybridized carbons (Fsp3) is 0.111. The second-order valence-electron chi connectivity index (χ2n) is 5.68. The zero-order valence-electron chi connectivity index (χ0n) is 12.7. The smallest absolute Gasteiger partial charge is 0.281 e. The van der Waals surface area contributed by atoms with E-state index in [0.29, 0.717) is 11.2 Å². The van der Waals surface area contributed by atoms with Gasteiger partial charge in [0.1, 0.15) is 5.82 Å². The number of nitro benzene ring substituents is 1. The van der Waals surface area contributed by atoms with E-state index in [0.717, 1.165) is 29.6 Å². The Bertz CT molecular complexity index is 1050. The maximum atomic E-state index is 12.2. The van der Waals surface area contributed by atoms with Crippen LogP contribution in [-0.4, -0.2) is 14.5 Å². The second kappa shape index (κ2) is 5.42. The first-order valence-corrected chi connectivity index (χ1v) is 7.58. The molecular formula is C18H13N3O3. The van der Waals surface area contributed by atoms with Crippen LogP contribution in [0.25, 0.3) is 22.6 Å². The maximum absolute atomic E-state index is 12.2. The van der Waals surface area contributed by atoms with Crippen LogP contribution in [-0.2, 0) is 6.54 Å². The van der Waals surface area contributed by atoms with Crippen LogP contribution in [0.1, 0.15) is 17.8 Å². The monoisotopic (exact) mass is 319 g/mol. The number of aromatic nitrogens is 2. The molecule has 0 spiro atoms. The van der Waals surface area contributed by atoms with Crippen LogP contribution in [0, 0.1) is 10.1 Å². The zero-order valence-corrected chi connectivity index (χ0v) is 12.7. The van der Waals surface area contributed by atoms with Crippen molar-refractivity contribution in [3.05, 3.63) is 80.4 Å². The van der Waals surface area contributed by atoms with Crippen LogP contribution >= 0.6 is 0 Å². The first-order chi connectivity index (χ1) is 11.6. The minimum Gasteiger partial charge on any atom is -0.325 e. The van der Waals surface area contributed by atoms with Crippen molar-refractivity contribution in [2.24, 2.45) is 0 Å². The summed E-state index contributed by atoms with van der Waals surface area (Å²) in [5, 5.41) is 11.3. The van der Waals surface area contributed by atoms with Gasteiger partial charge in [-0.25, -0.2) is 0 Å². The van der Waals surface area contributed by atoms with Gasteiger partial charge in [-0.1, -0.05) is 12.1 Å². The number of nitrogens with zero attached hydrogens (tertiary/aromatic N) is 3. The number of hydrogen-bond acceptors (Lipinski definition) is 4. The van der Waals surface area contributed by atoms with Crippen molar-refractivity contribution in [1.29, 1.82) is 0 Å². The summed E-state index contributed by atoms with van der Waals surface area (Å²) in [6, 6.07) is 13.8. The molecule has 6 nitrogen and oxygen atoms in total. The van der Waals surface area contributed by atoms with Gasteiger partial charge in [0.15, 0.2) is 0 Å². The topological polar surface area (TPSA) is 78.0 Å². The molecule has 0 radical (unpaired) electrons. The fourth-order valence-electron chi connectivity index (χ4n) is 3.07. The highest BCUT2D eigenvalue weighted by atomic mass is 16.6. The molecule has 0 fully saturated rings. The summed E-state index contributed by atoms with van der Waals surface area (Å²) >= 11 is 0. The average molecular weight is 319 g/mol. The predicted octanol–water partition coefficient (Wildman–Crippen LogP) is 3.25. The molecular weight excluding hydrogens is 306 g/mol. The number of aryl methyl sites for hydroxylation is 1. The summed E-state index contributed by atoms with van der Waals surface area (Å²) < 4.78 is 2.05. The van der Waals surface area contributed by atoms with Gasteiger partial charge in [-0.05, 0) is 47.9 Å². The third kappa shape index (κ3) is 2.28. The SMILES string of the molecule is O=c1nc2n(c3ccccc13)CC/C2=C\c1ccc([N+](=O)[O-])cc1. The lowest BCUT2D eigenvalue weighted by atomic mass is 10.1. The number of hydrogen-bond donors (Lipinski definition) is 0. The minimum atomic E-state index is -0.422. The minimum absolute atomic E-state index is 0.0595. The summed E-state index contributed by atoms with van der Waals surface area (Å²) in [6.45, 7) is 0.766. The molecule has 24 heavy (non-hydrogen) atoms. The molecule has 0 bridgehead atoms. The molecule has 118 valence electrons. The molecule has 0 saturated heterocycles. The van der Waals surface area contributed by atoms with Gasteiger partial charge in [0, 0.05) is 18.7 Å². The highest BCUT2D eigenvalue weighted by Gasteiger charge is 2.20. The van der Waals surface area contributed by atoms with Crippen LogP contribution in [0.3, 0.4) is 0 Å². The molecule has 1 aromatic heterocycles. The quantitative estimate of drug-likeness (QED) is 0.536. The van der Waals surface area contributed by atoms with E-state index in [9.17, 15) is 14.9 Å².